The average molecular weight is 377 g/mol. The number of rotatable bonds is 9. The number of alkyl halides is 2. The standard InChI is InChI=1S/C20H21F2NO4/c1-3-26-17-10-6-14(12-18(17)25-2)7-11-19(24)23-13-15-4-8-16(9-5-15)27-20(21)22/h4-12,20H,3,13H2,1-2H3,(H,23,24)/b11-7+. The lowest BCUT2D eigenvalue weighted by Crippen LogP contribution is -2.20. The van der Waals surface area contributed by atoms with E-state index in [0.717, 1.165) is 11.1 Å². The summed E-state index contributed by atoms with van der Waals surface area (Å²) in [5.41, 5.74) is 1.56. The van der Waals surface area contributed by atoms with Crippen LogP contribution in [0.3, 0.4) is 0 Å². The summed E-state index contributed by atoms with van der Waals surface area (Å²) in [6.45, 7) is -0.174. The van der Waals surface area contributed by atoms with Crippen molar-refractivity contribution in [3.05, 3.63) is 59.7 Å². The van der Waals surface area contributed by atoms with Gasteiger partial charge in [0, 0.05) is 12.6 Å². The topological polar surface area (TPSA) is 56.8 Å². The third kappa shape index (κ3) is 6.62. The molecule has 0 fully saturated rings. The van der Waals surface area contributed by atoms with Crippen LogP contribution in [0.4, 0.5) is 8.78 Å². The summed E-state index contributed by atoms with van der Waals surface area (Å²) in [6.07, 6.45) is 3.07. The average Bonchev–Trinajstić information content (AvgIpc) is 2.66. The fraction of sp³-hybridized carbons (Fsp3) is 0.250. The van der Waals surface area contributed by atoms with Gasteiger partial charge in [0.1, 0.15) is 5.75 Å². The minimum absolute atomic E-state index is 0.0735. The number of hydrogen-bond donors (Lipinski definition) is 1. The number of nitrogens with one attached hydrogen (secondary N) is 1. The molecule has 144 valence electrons. The van der Waals surface area contributed by atoms with Crippen LogP contribution in [0.1, 0.15) is 18.1 Å². The molecule has 1 N–H and O–H groups in total. The lowest BCUT2D eigenvalue weighted by molar-refractivity contribution is -0.116. The molecule has 0 aliphatic carbocycles. The van der Waals surface area contributed by atoms with E-state index in [4.69, 9.17) is 9.47 Å². The van der Waals surface area contributed by atoms with E-state index < -0.39 is 6.61 Å². The largest absolute Gasteiger partial charge is 0.493 e. The first kappa shape index (κ1) is 20.2. The van der Waals surface area contributed by atoms with Crippen LogP contribution in [0.25, 0.3) is 6.08 Å². The van der Waals surface area contributed by atoms with Gasteiger partial charge >= 0.3 is 6.61 Å². The molecule has 0 aliphatic rings. The predicted octanol–water partition coefficient (Wildman–Crippen LogP) is 4.02. The summed E-state index contributed by atoms with van der Waals surface area (Å²) in [5.74, 6) is 1.02. The Kier molecular flexibility index (Phi) is 7.61. The van der Waals surface area contributed by atoms with Gasteiger partial charge < -0.3 is 19.5 Å². The van der Waals surface area contributed by atoms with Crippen LogP contribution in [-0.4, -0.2) is 26.2 Å². The third-order valence-corrected chi connectivity index (χ3v) is 3.53. The number of amides is 1. The summed E-state index contributed by atoms with van der Waals surface area (Å²) >= 11 is 0. The summed E-state index contributed by atoms with van der Waals surface area (Å²) in [5, 5.41) is 2.72. The molecule has 2 rings (SSSR count). The molecule has 1 amide bonds. The molecule has 7 heteroatoms. The first-order valence-electron chi connectivity index (χ1n) is 8.32. The fourth-order valence-corrected chi connectivity index (χ4v) is 2.27. The van der Waals surface area contributed by atoms with E-state index >= 15 is 0 Å². The van der Waals surface area contributed by atoms with Gasteiger partial charge in [-0.2, -0.15) is 8.78 Å². The van der Waals surface area contributed by atoms with E-state index in [1.54, 1.807) is 37.5 Å². The normalized spacial score (nSPS) is 10.9. The van der Waals surface area contributed by atoms with Gasteiger partial charge in [0.25, 0.3) is 0 Å². The van der Waals surface area contributed by atoms with E-state index in [1.807, 2.05) is 13.0 Å². The van der Waals surface area contributed by atoms with Crippen molar-refractivity contribution in [2.24, 2.45) is 0 Å². The lowest BCUT2D eigenvalue weighted by atomic mass is 10.2. The van der Waals surface area contributed by atoms with Gasteiger partial charge in [-0.25, -0.2) is 0 Å². The zero-order chi connectivity index (χ0) is 19.6. The molecule has 27 heavy (non-hydrogen) atoms. The molecular formula is C20H21F2NO4. The van der Waals surface area contributed by atoms with Crippen LogP contribution in [0.5, 0.6) is 17.2 Å². The molecular weight excluding hydrogens is 356 g/mol. The maximum absolute atomic E-state index is 12.1. The Hall–Kier alpha value is -3.09. The van der Waals surface area contributed by atoms with Crippen LogP contribution in [0, 0.1) is 0 Å². The number of methoxy groups -OCH3 is 1. The van der Waals surface area contributed by atoms with Gasteiger partial charge in [-0.05, 0) is 48.4 Å². The van der Waals surface area contributed by atoms with Crippen molar-refractivity contribution < 1.29 is 27.8 Å². The van der Waals surface area contributed by atoms with Crippen molar-refractivity contribution in [2.45, 2.75) is 20.1 Å². The van der Waals surface area contributed by atoms with E-state index in [1.165, 1.54) is 18.2 Å². The van der Waals surface area contributed by atoms with E-state index in [0.29, 0.717) is 18.1 Å². The highest BCUT2D eigenvalue weighted by Crippen LogP contribution is 2.28. The summed E-state index contributed by atoms with van der Waals surface area (Å²) in [4.78, 5) is 11.9. The Morgan fingerprint density at radius 1 is 1.15 bits per heavy atom. The van der Waals surface area contributed by atoms with Crippen molar-refractivity contribution in [2.75, 3.05) is 13.7 Å². The zero-order valence-corrected chi connectivity index (χ0v) is 15.1. The number of halogens is 2. The molecule has 0 atom stereocenters. The highest BCUT2D eigenvalue weighted by molar-refractivity contribution is 5.91. The Balaban J connectivity index is 1.89. The molecule has 0 heterocycles. The van der Waals surface area contributed by atoms with Gasteiger partial charge in [0.05, 0.1) is 13.7 Å². The van der Waals surface area contributed by atoms with Crippen molar-refractivity contribution in [3.8, 4) is 17.2 Å². The van der Waals surface area contributed by atoms with Crippen LogP contribution < -0.4 is 19.5 Å². The molecule has 0 radical (unpaired) electrons. The molecule has 2 aromatic carbocycles. The van der Waals surface area contributed by atoms with Crippen LogP contribution in [0.2, 0.25) is 0 Å². The van der Waals surface area contributed by atoms with Crippen molar-refractivity contribution in [1.82, 2.24) is 5.32 Å². The van der Waals surface area contributed by atoms with E-state index in [9.17, 15) is 13.6 Å². The quantitative estimate of drug-likeness (QED) is 0.671. The van der Waals surface area contributed by atoms with Crippen LogP contribution >= 0.6 is 0 Å². The SMILES string of the molecule is CCOc1ccc(/C=C/C(=O)NCc2ccc(OC(F)F)cc2)cc1OC. The van der Waals surface area contributed by atoms with Crippen molar-refractivity contribution >= 4 is 12.0 Å². The second-order valence-corrected chi connectivity index (χ2v) is 5.42. The first-order valence-corrected chi connectivity index (χ1v) is 8.32. The van der Waals surface area contributed by atoms with Crippen LogP contribution in [-0.2, 0) is 11.3 Å². The smallest absolute Gasteiger partial charge is 0.387 e. The Bertz CT molecular complexity index is 776. The predicted molar refractivity (Wildman–Crippen MR) is 98.1 cm³/mol. The molecule has 0 aromatic heterocycles. The molecule has 2 aromatic rings. The van der Waals surface area contributed by atoms with Gasteiger partial charge in [-0.1, -0.05) is 18.2 Å². The number of benzene rings is 2. The van der Waals surface area contributed by atoms with E-state index in [2.05, 4.69) is 10.1 Å². The molecule has 0 saturated heterocycles. The number of carbonyl (C=O) groups is 1. The monoisotopic (exact) mass is 377 g/mol. The number of carbonyl (C=O) groups excluding carboxylic acids is 1. The molecule has 0 aliphatic heterocycles. The molecule has 5 nitrogen and oxygen atoms in total. The first-order chi connectivity index (χ1) is 13.0. The minimum Gasteiger partial charge on any atom is -0.493 e. The fourth-order valence-electron chi connectivity index (χ4n) is 2.27. The highest BCUT2D eigenvalue weighted by Gasteiger charge is 2.05. The second-order valence-electron chi connectivity index (χ2n) is 5.42. The maximum Gasteiger partial charge on any atom is 0.387 e. The molecule has 0 unspecified atom stereocenters. The minimum atomic E-state index is -2.86. The summed E-state index contributed by atoms with van der Waals surface area (Å²) < 4.78 is 39.2. The van der Waals surface area contributed by atoms with Gasteiger partial charge in [0.2, 0.25) is 5.91 Å². The number of hydrogen-bond acceptors (Lipinski definition) is 4. The summed E-state index contributed by atoms with van der Waals surface area (Å²) in [7, 11) is 1.55. The van der Waals surface area contributed by atoms with Crippen LogP contribution in [0.15, 0.2) is 48.5 Å². The van der Waals surface area contributed by atoms with Gasteiger partial charge in [0.15, 0.2) is 11.5 Å². The van der Waals surface area contributed by atoms with Crippen molar-refractivity contribution in [1.29, 1.82) is 0 Å². The number of ether oxygens (including phenoxy) is 3. The maximum atomic E-state index is 12.1. The van der Waals surface area contributed by atoms with E-state index in [-0.39, 0.29) is 18.2 Å². The molecule has 0 spiro atoms. The Morgan fingerprint density at radius 3 is 2.52 bits per heavy atom. The highest BCUT2D eigenvalue weighted by atomic mass is 19.3. The molecule has 0 bridgehead atoms. The second kappa shape index (κ2) is 10.2. The van der Waals surface area contributed by atoms with Crippen molar-refractivity contribution in [3.63, 3.8) is 0 Å². The molecule has 0 saturated carbocycles. The van der Waals surface area contributed by atoms with Gasteiger partial charge in [-0.15, -0.1) is 0 Å². The Labute approximate surface area is 156 Å². The summed E-state index contributed by atoms with van der Waals surface area (Å²) in [6, 6.07) is 11.4. The van der Waals surface area contributed by atoms with Gasteiger partial charge in [-0.3, -0.25) is 4.79 Å². The zero-order valence-electron chi connectivity index (χ0n) is 15.1. The lowest BCUT2D eigenvalue weighted by Gasteiger charge is -2.09. The third-order valence-electron chi connectivity index (χ3n) is 3.53. The Morgan fingerprint density at radius 2 is 1.89 bits per heavy atom.